The van der Waals surface area contributed by atoms with E-state index in [0.29, 0.717) is 0 Å². The maximum Gasteiger partial charge on any atom is 0.314 e. The average molecular weight is 296 g/mol. The first-order valence-corrected chi connectivity index (χ1v) is 7.71. The van der Waals surface area contributed by atoms with Crippen molar-refractivity contribution in [3.05, 3.63) is 71.8 Å². The number of esters is 1. The summed E-state index contributed by atoms with van der Waals surface area (Å²) in [4.78, 5) is 12.8. The van der Waals surface area contributed by atoms with Crippen LogP contribution in [-0.4, -0.2) is 11.6 Å². The van der Waals surface area contributed by atoms with Gasteiger partial charge in [0, 0.05) is 0 Å². The Morgan fingerprint density at radius 2 is 1.32 bits per heavy atom. The van der Waals surface area contributed by atoms with E-state index in [1.807, 2.05) is 69.3 Å². The number of hydrogen-bond acceptors (Lipinski definition) is 2. The lowest BCUT2D eigenvalue weighted by Crippen LogP contribution is -2.30. The molecule has 0 aliphatic heterocycles. The molecule has 116 valence electrons. The van der Waals surface area contributed by atoms with Gasteiger partial charge in [-0.15, -0.1) is 0 Å². The van der Waals surface area contributed by atoms with Crippen molar-refractivity contribution in [1.29, 1.82) is 0 Å². The molecule has 0 saturated heterocycles. The molecular formula is C20H24O2. The SMILES string of the molecule is CC(c1ccccc1)C(C(=O)OC(C)(C)C)c1ccccc1. The number of rotatable bonds is 4. The Kier molecular flexibility index (Phi) is 5.02. The van der Waals surface area contributed by atoms with E-state index in [9.17, 15) is 4.79 Å². The van der Waals surface area contributed by atoms with Gasteiger partial charge in [0.2, 0.25) is 0 Å². The third kappa shape index (κ3) is 4.20. The molecule has 0 fully saturated rings. The number of carbonyl (C=O) groups is 1. The van der Waals surface area contributed by atoms with Gasteiger partial charge in [0.25, 0.3) is 0 Å². The molecule has 22 heavy (non-hydrogen) atoms. The zero-order valence-corrected chi connectivity index (χ0v) is 13.7. The fourth-order valence-corrected chi connectivity index (χ4v) is 2.60. The van der Waals surface area contributed by atoms with Crippen LogP contribution in [0.1, 0.15) is 50.7 Å². The van der Waals surface area contributed by atoms with E-state index >= 15 is 0 Å². The van der Waals surface area contributed by atoms with Crippen LogP contribution in [0.4, 0.5) is 0 Å². The van der Waals surface area contributed by atoms with Crippen LogP contribution in [0.5, 0.6) is 0 Å². The summed E-state index contributed by atoms with van der Waals surface area (Å²) in [6.07, 6.45) is 0. The zero-order chi connectivity index (χ0) is 16.2. The fourth-order valence-electron chi connectivity index (χ4n) is 2.60. The molecule has 0 aliphatic rings. The maximum absolute atomic E-state index is 12.8. The van der Waals surface area contributed by atoms with Crippen molar-refractivity contribution in [2.45, 2.75) is 45.1 Å². The largest absolute Gasteiger partial charge is 0.459 e. The molecule has 2 rings (SSSR count). The highest BCUT2D eigenvalue weighted by Crippen LogP contribution is 2.34. The van der Waals surface area contributed by atoms with Crippen LogP contribution in [0, 0.1) is 0 Å². The molecular weight excluding hydrogens is 272 g/mol. The second-order valence-electron chi connectivity index (χ2n) is 6.62. The van der Waals surface area contributed by atoms with Crippen molar-refractivity contribution >= 4 is 5.97 Å². The van der Waals surface area contributed by atoms with E-state index < -0.39 is 5.60 Å². The van der Waals surface area contributed by atoms with E-state index in [0.717, 1.165) is 11.1 Å². The predicted molar refractivity (Wildman–Crippen MR) is 89.9 cm³/mol. The maximum atomic E-state index is 12.8. The van der Waals surface area contributed by atoms with Gasteiger partial charge in [-0.25, -0.2) is 0 Å². The summed E-state index contributed by atoms with van der Waals surface area (Å²) in [5.74, 6) is -0.420. The minimum Gasteiger partial charge on any atom is -0.459 e. The van der Waals surface area contributed by atoms with Crippen LogP contribution in [0.25, 0.3) is 0 Å². The van der Waals surface area contributed by atoms with Gasteiger partial charge < -0.3 is 4.74 Å². The zero-order valence-electron chi connectivity index (χ0n) is 13.7. The summed E-state index contributed by atoms with van der Waals surface area (Å²) in [5, 5.41) is 0. The molecule has 0 amide bonds. The van der Waals surface area contributed by atoms with E-state index in [2.05, 4.69) is 19.1 Å². The Hall–Kier alpha value is -2.09. The Morgan fingerprint density at radius 1 is 0.864 bits per heavy atom. The predicted octanol–water partition coefficient (Wildman–Crippen LogP) is 4.92. The van der Waals surface area contributed by atoms with Crippen molar-refractivity contribution in [1.82, 2.24) is 0 Å². The van der Waals surface area contributed by atoms with Crippen LogP contribution in [-0.2, 0) is 9.53 Å². The first-order chi connectivity index (χ1) is 10.4. The highest BCUT2D eigenvalue weighted by molar-refractivity contribution is 5.80. The van der Waals surface area contributed by atoms with Crippen molar-refractivity contribution in [3.63, 3.8) is 0 Å². The third-order valence-electron chi connectivity index (χ3n) is 3.64. The quantitative estimate of drug-likeness (QED) is 0.749. The van der Waals surface area contributed by atoms with Gasteiger partial charge in [-0.3, -0.25) is 4.79 Å². The van der Waals surface area contributed by atoms with Gasteiger partial charge in [-0.05, 0) is 37.8 Å². The molecule has 0 N–H and O–H groups in total. The van der Waals surface area contributed by atoms with Gasteiger partial charge in [0.1, 0.15) is 5.60 Å². The van der Waals surface area contributed by atoms with Crippen molar-refractivity contribution < 1.29 is 9.53 Å². The highest BCUT2D eigenvalue weighted by atomic mass is 16.6. The van der Waals surface area contributed by atoms with E-state index in [-0.39, 0.29) is 17.8 Å². The molecule has 2 nitrogen and oxygen atoms in total. The summed E-state index contributed by atoms with van der Waals surface area (Å²) < 4.78 is 5.66. The fraction of sp³-hybridized carbons (Fsp3) is 0.350. The Balaban J connectivity index is 2.36. The van der Waals surface area contributed by atoms with E-state index in [4.69, 9.17) is 4.74 Å². The summed E-state index contributed by atoms with van der Waals surface area (Å²) in [7, 11) is 0. The van der Waals surface area contributed by atoms with E-state index in [1.165, 1.54) is 0 Å². The minimum atomic E-state index is -0.486. The first kappa shape index (κ1) is 16.3. The number of hydrogen-bond donors (Lipinski definition) is 0. The third-order valence-corrected chi connectivity index (χ3v) is 3.64. The van der Waals surface area contributed by atoms with Crippen LogP contribution in [0.2, 0.25) is 0 Å². The van der Waals surface area contributed by atoms with Gasteiger partial charge in [0.05, 0.1) is 5.92 Å². The number of ether oxygens (including phenoxy) is 1. The second-order valence-corrected chi connectivity index (χ2v) is 6.62. The van der Waals surface area contributed by atoms with Gasteiger partial charge in [-0.1, -0.05) is 67.6 Å². The Bertz CT molecular complexity index is 597. The smallest absolute Gasteiger partial charge is 0.314 e. The Morgan fingerprint density at radius 3 is 1.77 bits per heavy atom. The van der Waals surface area contributed by atoms with Crippen LogP contribution in [0.3, 0.4) is 0 Å². The van der Waals surface area contributed by atoms with Crippen LogP contribution < -0.4 is 0 Å². The molecule has 0 radical (unpaired) electrons. The minimum absolute atomic E-state index is 0.0541. The van der Waals surface area contributed by atoms with E-state index in [1.54, 1.807) is 0 Å². The lowest BCUT2D eigenvalue weighted by atomic mass is 9.82. The summed E-state index contributed by atoms with van der Waals surface area (Å²) in [6.45, 7) is 7.79. The molecule has 2 aromatic carbocycles. The summed E-state index contributed by atoms with van der Waals surface area (Å²) in [6, 6.07) is 20.0. The molecule has 0 heterocycles. The molecule has 0 bridgehead atoms. The van der Waals surface area contributed by atoms with Crippen molar-refractivity contribution in [2.75, 3.05) is 0 Å². The van der Waals surface area contributed by atoms with Crippen molar-refractivity contribution in [2.24, 2.45) is 0 Å². The lowest BCUT2D eigenvalue weighted by molar-refractivity contribution is -0.157. The van der Waals surface area contributed by atoms with Crippen LogP contribution >= 0.6 is 0 Å². The van der Waals surface area contributed by atoms with Gasteiger partial charge in [0.15, 0.2) is 0 Å². The molecule has 0 spiro atoms. The van der Waals surface area contributed by atoms with Gasteiger partial charge >= 0.3 is 5.97 Å². The highest BCUT2D eigenvalue weighted by Gasteiger charge is 2.31. The number of benzene rings is 2. The van der Waals surface area contributed by atoms with Crippen molar-refractivity contribution in [3.8, 4) is 0 Å². The monoisotopic (exact) mass is 296 g/mol. The topological polar surface area (TPSA) is 26.3 Å². The Labute approximate surface area is 133 Å². The molecule has 2 atom stereocenters. The van der Waals surface area contributed by atoms with Gasteiger partial charge in [-0.2, -0.15) is 0 Å². The first-order valence-electron chi connectivity index (χ1n) is 7.71. The lowest BCUT2D eigenvalue weighted by Gasteiger charge is -2.28. The standard InChI is InChI=1S/C20H24O2/c1-15(16-11-7-5-8-12-16)18(17-13-9-6-10-14-17)19(21)22-20(2,3)4/h5-15,18H,1-4H3. The number of carbonyl (C=O) groups excluding carboxylic acids is 1. The normalized spacial score (nSPS) is 14.2. The molecule has 0 aromatic heterocycles. The summed E-state index contributed by atoms with van der Waals surface area (Å²) in [5.41, 5.74) is 1.65. The molecule has 0 aliphatic carbocycles. The average Bonchev–Trinajstić information content (AvgIpc) is 2.47. The molecule has 2 aromatic rings. The summed E-state index contributed by atoms with van der Waals surface area (Å²) >= 11 is 0. The second kappa shape index (κ2) is 6.78. The molecule has 2 unspecified atom stereocenters. The molecule has 2 heteroatoms. The molecule has 0 saturated carbocycles. The van der Waals surface area contributed by atoms with Crippen LogP contribution in [0.15, 0.2) is 60.7 Å².